The molecule has 0 unspecified atom stereocenters. The van der Waals surface area contributed by atoms with Crippen LogP contribution in [-0.4, -0.2) is 33.0 Å². The molecule has 0 saturated carbocycles. The molecule has 2 aliphatic heterocycles. The van der Waals surface area contributed by atoms with E-state index in [4.69, 9.17) is 0 Å². The summed E-state index contributed by atoms with van der Waals surface area (Å²) in [6.45, 7) is 1.54. The molecular formula is C15H22N2O2S2. The Labute approximate surface area is 131 Å². The average molecular weight is 326 g/mol. The smallest absolute Gasteiger partial charge is 0.240 e. The Morgan fingerprint density at radius 2 is 2.10 bits per heavy atom. The second-order valence-electron chi connectivity index (χ2n) is 5.76. The van der Waals surface area contributed by atoms with Gasteiger partial charge in [-0.1, -0.05) is 0 Å². The summed E-state index contributed by atoms with van der Waals surface area (Å²) in [6, 6.07) is 5.41. The Morgan fingerprint density at radius 1 is 1.29 bits per heavy atom. The number of fused-ring (bicyclic) bond motifs is 1. The maximum atomic E-state index is 12.4. The van der Waals surface area contributed by atoms with Gasteiger partial charge in [0.25, 0.3) is 0 Å². The van der Waals surface area contributed by atoms with Gasteiger partial charge in [-0.25, -0.2) is 13.1 Å². The van der Waals surface area contributed by atoms with Crippen LogP contribution in [0.5, 0.6) is 0 Å². The third kappa shape index (κ3) is 3.73. The van der Waals surface area contributed by atoms with Crippen LogP contribution in [0, 0.1) is 5.92 Å². The Hall–Kier alpha value is -0.720. The Morgan fingerprint density at radius 3 is 2.90 bits per heavy atom. The van der Waals surface area contributed by atoms with Crippen LogP contribution in [0.2, 0.25) is 0 Å². The zero-order valence-corrected chi connectivity index (χ0v) is 13.7. The largest absolute Gasteiger partial charge is 0.385 e. The summed E-state index contributed by atoms with van der Waals surface area (Å²) < 4.78 is 27.6. The SMILES string of the molecule is O=S(=O)(NCC1CCSCC1)c1ccc2c(c1)CCCN2. The van der Waals surface area contributed by atoms with Gasteiger partial charge < -0.3 is 5.32 Å². The van der Waals surface area contributed by atoms with E-state index in [1.807, 2.05) is 23.9 Å². The van der Waals surface area contributed by atoms with Crippen LogP contribution in [0.4, 0.5) is 5.69 Å². The highest BCUT2D eigenvalue weighted by atomic mass is 32.2. The lowest BCUT2D eigenvalue weighted by Gasteiger charge is -2.22. The molecule has 2 heterocycles. The number of benzene rings is 1. The number of hydrogen-bond donors (Lipinski definition) is 2. The molecule has 1 fully saturated rings. The van der Waals surface area contributed by atoms with E-state index in [9.17, 15) is 8.42 Å². The van der Waals surface area contributed by atoms with Crippen molar-refractivity contribution in [1.82, 2.24) is 4.72 Å². The highest BCUT2D eigenvalue weighted by Gasteiger charge is 2.20. The van der Waals surface area contributed by atoms with Crippen molar-refractivity contribution in [3.05, 3.63) is 23.8 Å². The standard InChI is InChI=1S/C15H22N2O2S2/c18-21(19,17-11-12-5-8-20-9-6-12)14-3-4-15-13(10-14)2-1-7-16-15/h3-4,10,12,16-17H,1-2,5-9,11H2. The summed E-state index contributed by atoms with van der Waals surface area (Å²) >= 11 is 1.96. The quantitative estimate of drug-likeness (QED) is 0.892. The molecule has 2 N–H and O–H groups in total. The number of sulfonamides is 1. The first kappa shape index (κ1) is 15.2. The predicted octanol–water partition coefficient (Wildman–Crippen LogP) is 2.47. The van der Waals surface area contributed by atoms with Gasteiger partial charge in [-0.2, -0.15) is 11.8 Å². The number of thioether (sulfide) groups is 1. The molecule has 21 heavy (non-hydrogen) atoms. The molecule has 0 aliphatic carbocycles. The van der Waals surface area contributed by atoms with Gasteiger partial charge in [-0.05, 0) is 66.9 Å². The Balaban J connectivity index is 1.69. The molecule has 1 aromatic rings. The fourth-order valence-corrected chi connectivity index (χ4v) is 5.25. The van der Waals surface area contributed by atoms with Crippen molar-refractivity contribution >= 4 is 27.5 Å². The van der Waals surface area contributed by atoms with E-state index in [1.165, 1.54) is 0 Å². The summed E-state index contributed by atoms with van der Waals surface area (Å²) in [5.41, 5.74) is 2.18. The molecule has 1 saturated heterocycles. The molecule has 0 aromatic heterocycles. The predicted molar refractivity (Wildman–Crippen MR) is 88.5 cm³/mol. The molecule has 4 nitrogen and oxygen atoms in total. The van der Waals surface area contributed by atoms with Gasteiger partial charge in [0.2, 0.25) is 10.0 Å². The van der Waals surface area contributed by atoms with Gasteiger partial charge in [-0.15, -0.1) is 0 Å². The van der Waals surface area contributed by atoms with E-state index < -0.39 is 10.0 Å². The van der Waals surface area contributed by atoms with Crippen LogP contribution in [0.1, 0.15) is 24.8 Å². The minimum Gasteiger partial charge on any atom is -0.385 e. The molecule has 0 amide bonds. The molecule has 1 aromatic carbocycles. The average Bonchev–Trinajstić information content (AvgIpc) is 2.53. The summed E-state index contributed by atoms with van der Waals surface area (Å²) in [5, 5.41) is 3.31. The highest BCUT2D eigenvalue weighted by molar-refractivity contribution is 7.99. The van der Waals surface area contributed by atoms with Crippen molar-refractivity contribution in [2.75, 3.05) is 29.9 Å². The second kappa shape index (κ2) is 6.58. The molecule has 3 rings (SSSR count). The third-order valence-corrected chi connectivity index (χ3v) is 6.70. The summed E-state index contributed by atoms with van der Waals surface area (Å²) in [4.78, 5) is 0.398. The van der Waals surface area contributed by atoms with Gasteiger partial charge in [-0.3, -0.25) is 0 Å². The molecule has 0 atom stereocenters. The molecule has 0 bridgehead atoms. The molecule has 0 radical (unpaired) electrons. The number of nitrogens with one attached hydrogen (secondary N) is 2. The third-order valence-electron chi connectivity index (χ3n) is 4.23. The van der Waals surface area contributed by atoms with Crippen LogP contribution in [0.15, 0.2) is 23.1 Å². The van der Waals surface area contributed by atoms with Crippen molar-refractivity contribution in [2.24, 2.45) is 5.92 Å². The van der Waals surface area contributed by atoms with Gasteiger partial charge in [0, 0.05) is 18.8 Å². The van der Waals surface area contributed by atoms with Crippen molar-refractivity contribution in [1.29, 1.82) is 0 Å². The molecule has 6 heteroatoms. The van der Waals surface area contributed by atoms with Gasteiger partial charge in [0.05, 0.1) is 4.90 Å². The minimum absolute atomic E-state index is 0.398. The number of hydrogen-bond acceptors (Lipinski definition) is 4. The first-order chi connectivity index (χ1) is 10.1. The van der Waals surface area contributed by atoms with Crippen molar-refractivity contribution in [3.63, 3.8) is 0 Å². The van der Waals surface area contributed by atoms with Gasteiger partial charge >= 0.3 is 0 Å². The van der Waals surface area contributed by atoms with E-state index in [-0.39, 0.29) is 0 Å². The van der Waals surface area contributed by atoms with Crippen LogP contribution in [-0.2, 0) is 16.4 Å². The first-order valence-corrected chi connectivity index (χ1v) is 10.2. The van der Waals surface area contributed by atoms with Crippen LogP contribution in [0.3, 0.4) is 0 Å². The second-order valence-corrected chi connectivity index (χ2v) is 8.75. The van der Waals surface area contributed by atoms with Crippen molar-refractivity contribution < 1.29 is 8.42 Å². The fraction of sp³-hybridized carbons (Fsp3) is 0.600. The van der Waals surface area contributed by atoms with E-state index in [0.717, 1.165) is 55.0 Å². The first-order valence-electron chi connectivity index (χ1n) is 7.59. The number of aryl methyl sites for hydroxylation is 1. The van der Waals surface area contributed by atoms with Gasteiger partial charge in [0.15, 0.2) is 0 Å². The highest BCUT2D eigenvalue weighted by Crippen LogP contribution is 2.26. The maximum absolute atomic E-state index is 12.4. The maximum Gasteiger partial charge on any atom is 0.240 e. The molecule has 116 valence electrons. The van der Waals surface area contributed by atoms with Crippen molar-refractivity contribution in [2.45, 2.75) is 30.6 Å². The van der Waals surface area contributed by atoms with Crippen LogP contribution < -0.4 is 10.0 Å². The molecule has 0 spiro atoms. The van der Waals surface area contributed by atoms with Crippen LogP contribution >= 0.6 is 11.8 Å². The Kier molecular flexibility index (Phi) is 4.76. The Bertz CT molecular complexity index is 596. The lowest BCUT2D eigenvalue weighted by atomic mass is 10.0. The van der Waals surface area contributed by atoms with E-state index in [0.29, 0.717) is 17.4 Å². The summed E-state index contributed by atoms with van der Waals surface area (Å²) in [6.07, 6.45) is 4.23. The lowest BCUT2D eigenvalue weighted by Crippen LogP contribution is -2.31. The van der Waals surface area contributed by atoms with E-state index in [2.05, 4.69) is 10.0 Å². The van der Waals surface area contributed by atoms with E-state index >= 15 is 0 Å². The number of anilines is 1. The summed E-state index contributed by atoms with van der Waals surface area (Å²) in [5.74, 6) is 2.79. The topological polar surface area (TPSA) is 58.2 Å². The monoisotopic (exact) mass is 326 g/mol. The minimum atomic E-state index is -3.38. The zero-order chi connectivity index (χ0) is 14.7. The normalized spacial score (nSPS) is 19.8. The molecular weight excluding hydrogens is 304 g/mol. The molecule has 2 aliphatic rings. The van der Waals surface area contributed by atoms with Crippen LogP contribution in [0.25, 0.3) is 0 Å². The van der Waals surface area contributed by atoms with E-state index in [1.54, 1.807) is 6.07 Å². The fourth-order valence-electron chi connectivity index (χ4n) is 2.88. The lowest BCUT2D eigenvalue weighted by molar-refractivity contribution is 0.476. The zero-order valence-electron chi connectivity index (χ0n) is 12.1. The summed E-state index contributed by atoms with van der Waals surface area (Å²) in [7, 11) is -3.38. The van der Waals surface area contributed by atoms with Crippen molar-refractivity contribution in [3.8, 4) is 0 Å². The van der Waals surface area contributed by atoms with Gasteiger partial charge in [0.1, 0.15) is 0 Å². The number of rotatable bonds is 4.